The van der Waals surface area contributed by atoms with E-state index in [0.29, 0.717) is 24.7 Å². The van der Waals surface area contributed by atoms with Crippen molar-refractivity contribution in [2.45, 2.75) is 45.4 Å². The first kappa shape index (κ1) is 20.7. The van der Waals surface area contributed by atoms with Crippen LogP contribution < -0.4 is 20.7 Å². The summed E-state index contributed by atoms with van der Waals surface area (Å²) in [5.74, 6) is 0.795. The van der Waals surface area contributed by atoms with E-state index in [9.17, 15) is 4.79 Å². The third kappa shape index (κ3) is 4.92. The molecular formula is C22H32N6O2. The summed E-state index contributed by atoms with van der Waals surface area (Å²) < 4.78 is 5.68. The molecule has 0 saturated carbocycles. The number of unbranched alkanes of at least 4 members (excludes halogenated alkanes) is 1. The van der Waals surface area contributed by atoms with Crippen molar-refractivity contribution < 1.29 is 9.53 Å². The zero-order valence-electron chi connectivity index (χ0n) is 17.8. The molecule has 4 rings (SSSR count). The number of carbonyl (C=O) groups excluding carboxylic acids is 1. The van der Waals surface area contributed by atoms with E-state index in [-0.39, 0.29) is 24.3 Å². The van der Waals surface area contributed by atoms with Crippen LogP contribution in [0.3, 0.4) is 0 Å². The van der Waals surface area contributed by atoms with Gasteiger partial charge >= 0.3 is 6.01 Å². The predicted molar refractivity (Wildman–Crippen MR) is 119 cm³/mol. The van der Waals surface area contributed by atoms with Gasteiger partial charge in [-0.15, -0.1) is 0 Å². The molecule has 3 N–H and O–H groups in total. The van der Waals surface area contributed by atoms with Crippen LogP contribution in [0, 0.1) is 0 Å². The van der Waals surface area contributed by atoms with Gasteiger partial charge < -0.3 is 20.7 Å². The van der Waals surface area contributed by atoms with E-state index in [2.05, 4.69) is 39.3 Å². The van der Waals surface area contributed by atoms with Crippen LogP contribution in [0.4, 0.5) is 17.3 Å². The molecule has 30 heavy (non-hydrogen) atoms. The van der Waals surface area contributed by atoms with Gasteiger partial charge in [-0.05, 0) is 50.8 Å². The highest BCUT2D eigenvalue weighted by atomic mass is 16.5. The van der Waals surface area contributed by atoms with Gasteiger partial charge in [0.15, 0.2) is 11.6 Å². The molecule has 1 aromatic rings. The van der Waals surface area contributed by atoms with Crippen molar-refractivity contribution in [2.75, 3.05) is 55.3 Å². The van der Waals surface area contributed by atoms with Gasteiger partial charge in [-0.2, -0.15) is 9.97 Å². The van der Waals surface area contributed by atoms with Crippen molar-refractivity contribution >= 4 is 23.2 Å². The maximum Gasteiger partial charge on any atom is 0.320 e. The van der Waals surface area contributed by atoms with Gasteiger partial charge in [-0.3, -0.25) is 9.69 Å². The number of aromatic nitrogens is 2. The molecule has 1 fully saturated rings. The number of nitrogens with one attached hydrogen (secondary N) is 1. The standard InChI is InChI=1S/C22H32N6O2/c1-2-3-11-30-22-25-20(23)19-21(26-22)28(15-18(29)24-19)14-17-8-6-7-16(12-17)13-27-9-4-5-10-27/h7,12H,2-6,8-11,13-15H2,1H3,(H,24,29)(H2,23,25,26). The van der Waals surface area contributed by atoms with Crippen molar-refractivity contribution in [2.24, 2.45) is 0 Å². The highest BCUT2D eigenvalue weighted by molar-refractivity contribution is 6.03. The van der Waals surface area contributed by atoms with Crippen molar-refractivity contribution in [1.29, 1.82) is 0 Å². The number of hydrogen-bond acceptors (Lipinski definition) is 7. The van der Waals surface area contributed by atoms with Crippen LogP contribution in [0.2, 0.25) is 0 Å². The van der Waals surface area contributed by atoms with Crippen LogP contribution in [0.25, 0.3) is 0 Å². The molecule has 1 aromatic heterocycles. The lowest BCUT2D eigenvalue weighted by Crippen LogP contribution is -2.40. The van der Waals surface area contributed by atoms with E-state index >= 15 is 0 Å². The van der Waals surface area contributed by atoms with Crippen molar-refractivity contribution in [3.63, 3.8) is 0 Å². The van der Waals surface area contributed by atoms with E-state index in [1.807, 2.05) is 4.90 Å². The quantitative estimate of drug-likeness (QED) is 0.634. The van der Waals surface area contributed by atoms with Crippen LogP contribution in [0.15, 0.2) is 23.3 Å². The molecule has 8 heteroatoms. The van der Waals surface area contributed by atoms with Crippen molar-refractivity contribution in [3.8, 4) is 6.01 Å². The molecule has 0 spiro atoms. The summed E-state index contributed by atoms with van der Waals surface area (Å²) in [4.78, 5) is 25.6. The van der Waals surface area contributed by atoms with E-state index in [0.717, 1.165) is 32.2 Å². The van der Waals surface area contributed by atoms with Gasteiger partial charge in [0.25, 0.3) is 0 Å². The molecule has 0 aromatic carbocycles. The van der Waals surface area contributed by atoms with E-state index in [4.69, 9.17) is 10.5 Å². The number of allylic oxidation sites excluding steroid dienone is 1. The van der Waals surface area contributed by atoms with Crippen LogP contribution in [-0.2, 0) is 4.79 Å². The number of ether oxygens (including phenoxy) is 1. The van der Waals surface area contributed by atoms with Gasteiger partial charge in [0.2, 0.25) is 5.91 Å². The molecule has 0 radical (unpaired) electrons. The number of nitrogen functional groups attached to an aromatic ring is 1. The number of rotatable bonds is 8. The summed E-state index contributed by atoms with van der Waals surface area (Å²) in [5, 5.41) is 2.82. The predicted octanol–water partition coefficient (Wildman–Crippen LogP) is 2.74. The number of fused-ring (bicyclic) bond motifs is 1. The van der Waals surface area contributed by atoms with Crippen molar-refractivity contribution in [3.05, 3.63) is 23.3 Å². The molecule has 1 amide bonds. The lowest BCUT2D eigenvalue weighted by atomic mass is 9.98. The number of amides is 1. The van der Waals surface area contributed by atoms with Crippen LogP contribution in [-0.4, -0.2) is 60.1 Å². The highest BCUT2D eigenvalue weighted by Gasteiger charge is 2.28. The molecule has 0 bridgehead atoms. The molecule has 1 saturated heterocycles. The van der Waals surface area contributed by atoms with Crippen LogP contribution in [0.1, 0.15) is 45.4 Å². The molecule has 2 aliphatic heterocycles. The summed E-state index contributed by atoms with van der Waals surface area (Å²) in [6.07, 6.45) is 11.2. The zero-order valence-corrected chi connectivity index (χ0v) is 17.8. The van der Waals surface area contributed by atoms with E-state index in [1.54, 1.807) is 0 Å². The summed E-state index contributed by atoms with van der Waals surface area (Å²) in [6.45, 7) is 6.96. The summed E-state index contributed by atoms with van der Waals surface area (Å²) >= 11 is 0. The second-order valence-electron chi connectivity index (χ2n) is 8.30. The number of anilines is 3. The highest BCUT2D eigenvalue weighted by Crippen LogP contribution is 2.34. The van der Waals surface area contributed by atoms with Gasteiger partial charge in [0, 0.05) is 13.1 Å². The SMILES string of the molecule is CCCCOc1nc(N)c2c(n1)N(CC1=CC(CN3CCCC3)=CCC1)CC(=O)N2. The minimum absolute atomic E-state index is 0.0957. The first-order valence-electron chi connectivity index (χ1n) is 11.1. The maximum absolute atomic E-state index is 12.3. The molecule has 1 aliphatic carbocycles. The van der Waals surface area contributed by atoms with Crippen LogP contribution in [0.5, 0.6) is 6.01 Å². The van der Waals surface area contributed by atoms with Gasteiger partial charge in [0.1, 0.15) is 5.69 Å². The summed E-state index contributed by atoms with van der Waals surface area (Å²) in [6, 6.07) is 0.271. The fourth-order valence-electron chi connectivity index (χ4n) is 4.24. The second kappa shape index (κ2) is 9.47. The van der Waals surface area contributed by atoms with E-state index in [1.165, 1.54) is 37.1 Å². The molecule has 3 aliphatic rings. The fraction of sp³-hybridized carbons (Fsp3) is 0.591. The minimum atomic E-state index is -0.0957. The van der Waals surface area contributed by atoms with E-state index < -0.39 is 0 Å². The summed E-state index contributed by atoms with van der Waals surface area (Å²) in [7, 11) is 0. The van der Waals surface area contributed by atoms with Gasteiger partial charge in [-0.25, -0.2) is 0 Å². The topological polar surface area (TPSA) is 96.6 Å². The fourth-order valence-corrected chi connectivity index (χ4v) is 4.24. The smallest absolute Gasteiger partial charge is 0.320 e. The lowest BCUT2D eigenvalue weighted by Gasteiger charge is -2.31. The Bertz CT molecular complexity index is 844. The maximum atomic E-state index is 12.3. The normalized spacial score (nSPS) is 19.2. The minimum Gasteiger partial charge on any atom is -0.463 e. The number of hydrogen-bond donors (Lipinski definition) is 2. The monoisotopic (exact) mass is 412 g/mol. The van der Waals surface area contributed by atoms with Gasteiger partial charge in [-0.1, -0.05) is 31.1 Å². The van der Waals surface area contributed by atoms with Crippen LogP contribution >= 0.6 is 0 Å². The molecule has 0 unspecified atom stereocenters. The molecule has 162 valence electrons. The number of carbonyl (C=O) groups is 1. The average Bonchev–Trinajstić information content (AvgIpc) is 3.22. The number of likely N-dealkylation sites (tertiary alicyclic amines) is 1. The Morgan fingerprint density at radius 2 is 2.07 bits per heavy atom. The number of nitrogens with two attached hydrogens (primary N) is 1. The third-order valence-electron chi connectivity index (χ3n) is 5.79. The Hall–Kier alpha value is -2.61. The zero-order chi connectivity index (χ0) is 20.9. The van der Waals surface area contributed by atoms with Crippen molar-refractivity contribution in [1.82, 2.24) is 14.9 Å². The second-order valence-corrected chi connectivity index (χ2v) is 8.30. The molecule has 0 atom stereocenters. The first-order valence-corrected chi connectivity index (χ1v) is 11.1. The molecular weight excluding hydrogens is 380 g/mol. The van der Waals surface area contributed by atoms with Gasteiger partial charge in [0.05, 0.1) is 13.2 Å². The largest absolute Gasteiger partial charge is 0.463 e. The average molecular weight is 413 g/mol. The number of nitrogens with zero attached hydrogens (tertiary/aromatic N) is 4. The summed E-state index contributed by atoms with van der Waals surface area (Å²) in [5.41, 5.74) is 9.30. The molecule has 3 heterocycles. The third-order valence-corrected chi connectivity index (χ3v) is 5.79. The Labute approximate surface area is 178 Å². The Morgan fingerprint density at radius 1 is 1.23 bits per heavy atom. The lowest BCUT2D eigenvalue weighted by molar-refractivity contribution is -0.115. The Balaban J connectivity index is 1.51. The molecule has 8 nitrogen and oxygen atoms in total. The first-order chi connectivity index (χ1) is 14.6. The Kier molecular flexibility index (Phi) is 6.52. The Morgan fingerprint density at radius 3 is 2.87 bits per heavy atom.